The third-order valence-corrected chi connectivity index (χ3v) is 3.65. The van der Waals surface area contributed by atoms with Gasteiger partial charge >= 0.3 is 5.97 Å². The van der Waals surface area contributed by atoms with Crippen LogP contribution in [0.1, 0.15) is 58.6 Å². The predicted octanol–water partition coefficient (Wildman–Crippen LogP) is 4.09. The van der Waals surface area contributed by atoms with Gasteiger partial charge in [-0.2, -0.15) is 0 Å². The Morgan fingerprint density at radius 3 is 2.38 bits per heavy atom. The minimum atomic E-state index is -0.175. The summed E-state index contributed by atoms with van der Waals surface area (Å²) < 4.78 is 5.32. The van der Waals surface area contributed by atoms with Crippen LogP contribution in [-0.4, -0.2) is 17.9 Å². The van der Waals surface area contributed by atoms with Gasteiger partial charge in [0, 0.05) is 5.56 Å². The molecule has 3 heteroatoms. The summed E-state index contributed by atoms with van der Waals surface area (Å²) >= 11 is 0. The van der Waals surface area contributed by atoms with Crippen molar-refractivity contribution in [2.75, 3.05) is 0 Å². The first kappa shape index (κ1) is 15.7. The van der Waals surface area contributed by atoms with E-state index >= 15 is 0 Å². The number of hydrogen-bond acceptors (Lipinski definition) is 3. The number of nitrogens with zero attached hydrogens (tertiary/aromatic N) is 1. The van der Waals surface area contributed by atoms with Crippen LogP contribution in [0.25, 0.3) is 0 Å². The molecule has 1 heterocycles. The lowest BCUT2D eigenvalue weighted by Gasteiger charge is -2.22. The Morgan fingerprint density at radius 2 is 1.86 bits per heavy atom. The average molecular weight is 287 g/mol. The fourth-order valence-corrected chi connectivity index (χ4v) is 2.51. The van der Waals surface area contributed by atoms with Gasteiger partial charge in [0.05, 0.1) is 12.5 Å². The van der Waals surface area contributed by atoms with Crippen molar-refractivity contribution in [2.24, 2.45) is 10.9 Å². The van der Waals surface area contributed by atoms with Crippen LogP contribution < -0.4 is 0 Å². The second kappa shape index (κ2) is 6.00. The van der Waals surface area contributed by atoms with Gasteiger partial charge in [0.25, 0.3) is 0 Å². The first-order valence-corrected chi connectivity index (χ1v) is 7.65. The van der Waals surface area contributed by atoms with E-state index in [1.54, 1.807) is 0 Å². The molecule has 2 rings (SSSR count). The van der Waals surface area contributed by atoms with E-state index in [4.69, 9.17) is 4.74 Å². The highest BCUT2D eigenvalue weighted by Crippen LogP contribution is 2.24. The molecule has 0 radical (unpaired) electrons. The summed E-state index contributed by atoms with van der Waals surface area (Å²) in [7, 11) is 0. The minimum Gasteiger partial charge on any atom is -0.407 e. The molecule has 0 N–H and O–H groups in total. The lowest BCUT2D eigenvalue weighted by atomic mass is 9.86. The molecule has 1 atom stereocenters. The third kappa shape index (κ3) is 4.16. The SMILES string of the molecule is CC(C)CC1CC(=O)OC(c2ccc(C(C)(C)C)cc2)=N1. The summed E-state index contributed by atoms with van der Waals surface area (Å²) in [5.74, 6) is 0.817. The van der Waals surface area contributed by atoms with Crippen LogP contribution >= 0.6 is 0 Å². The van der Waals surface area contributed by atoms with E-state index in [0.717, 1.165) is 12.0 Å². The summed E-state index contributed by atoms with van der Waals surface area (Å²) in [5.41, 5.74) is 2.25. The maximum Gasteiger partial charge on any atom is 0.314 e. The van der Waals surface area contributed by atoms with E-state index in [1.807, 2.05) is 12.1 Å². The van der Waals surface area contributed by atoms with E-state index in [1.165, 1.54) is 5.56 Å². The van der Waals surface area contributed by atoms with Gasteiger partial charge in [-0.05, 0) is 35.4 Å². The lowest BCUT2D eigenvalue weighted by Crippen LogP contribution is -2.27. The van der Waals surface area contributed by atoms with Crippen LogP contribution in [0.15, 0.2) is 29.3 Å². The Hall–Kier alpha value is -1.64. The molecular formula is C18H25NO2. The minimum absolute atomic E-state index is 0.0449. The van der Waals surface area contributed by atoms with Gasteiger partial charge in [-0.1, -0.05) is 46.8 Å². The highest BCUT2D eigenvalue weighted by molar-refractivity contribution is 6.02. The van der Waals surface area contributed by atoms with Crippen molar-refractivity contribution >= 4 is 11.9 Å². The zero-order valence-corrected chi connectivity index (χ0v) is 13.6. The highest BCUT2D eigenvalue weighted by Gasteiger charge is 2.25. The van der Waals surface area contributed by atoms with Gasteiger partial charge in [0.15, 0.2) is 0 Å². The van der Waals surface area contributed by atoms with Crippen LogP contribution in [-0.2, 0) is 14.9 Å². The normalized spacial score (nSPS) is 19.4. The zero-order chi connectivity index (χ0) is 15.6. The Balaban J connectivity index is 2.23. The molecule has 0 saturated heterocycles. The number of aliphatic imine (C=N–C) groups is 1. The number of cyclic esters (lactones) is 1. The molecule has 0 aliphatic carbocycles. The summed E-state index contributed by atoms with van der Waals surface area (Å²) in [6.45, 7) is 10.8. The first-order chi connectivity index (χ1) is 9.75. The van der Waals surface area contributed by atoms with Crippen molar-refractivity contribution in [3.05, 3.63) is 35.4 Å². The summed E-state index contributed by atoms with van der Waals surface area (Å²) in [5, 5.41) is 0. The van der Waals surface area contributed by atoms with Crippen molar-refractivity contribution in [2.45, 2.75) is 58.9 Å². The summed E-state index contributed by atoms with van der Waals surface area (Å²) in [4.78, 5) is 16.4. The van der Waals surface area contributed by atoms with Crippen molar-refractivity contribution in [3.8, 4) is 0 Å². The molecule has 114 valence electrons. The predicted molar refractivity (Wildman–Crippen MR) is 85.6 cm³/mol. The molecule has 0 spiro atoms. The molecule has 0 saturated carbocycles. The molecule has 0 aromatic heterocycles. The highest BCUT2D eigenvalue weighted by atomic mass is 16.5. The topological polar surface area (TPSA) is 38.7 Å². The molecule has 1 aliphatic heterocycles. The van der Waals surface area contributed by atoms with Crippen LogP contribution in [0.4, 0.5) is 0 Å². The van der Waals surface area contributed by atoms with E-state index < -0.39 is 0 Å². The molecule has 0 amide bonds. The maximum atomic E-state index is 11.8. The van der Waals surface area contributed by atoms with Crippen LogP contribution in [0.3, 0.4) is 0 Å². The zero-order valence-electron chi connectivity index (χ0n) is 13.6. The monoisotopic (exact) mass is 287 g/mol. The van der Waals surface area contributed by atoms with Crippen molar-refractivity contribution in [1.29, 1.82) is 0 Å². The van der Waals surface area contributed by atoms with Gasteiger partial charge in [-0.3, -0.25) is 4.79 Å². The molecule has 1 aliphatic rings. The quantitative estimate of drug-likeness (QED) is 0.785. The Kier molecular flexibility index (Phi) is 4.50. The van der Waals surface area contributed by atoms with Gasteiger partial charge in [-0.25, -0.2) is 4.99 Å². The molecule has 0 bridgehead atoms. The number of benzene rings is 1. The summed E-state index contributed by atoms with van der Waals surface area (Å²) in [6.07, 6.45) is 1.31. The van der Waals surface area contributed by atoms with Gasteiger partial charge in [0.2, 0.25) is 5.90 Å². The van der Waals surface area contributed by atoms with Crippen molar-refractivity contribution < 1.29 is 9.53 Å². The third-order valence-electron chi connectivity index (χ3n) is 3.65. The van der Waals surface area contributed by atoms with Crippen LogP contribution in [0.2, 0.25) is 0 Å². The molecular weight excluding hydrogens is 262 g/mol. The number of carbonyl (C=O) groups is 1. The number of carbonyl (C=O) groups excluding carboxylic acids is 1. The van der Waals surface area contributed by atoms with E-state index in [2.05, 4.69) is 51.7 Å². The smallest absolute Gasteiger partial charge is 0.314 e. The molecule has 21 heavy (non-hydrogen) atoms. The Morgan fingerprint density at radius 1 is 1.24 bits per heavy atom. The molecule has 1 aromatic rings. The van der Waals surface area contributed by atoms with E-state index in [0.29, 0.717) is 18.2 Å². The van der Waals surface area contributed by atoms with Gasteiger partial charge in [0.1, 0.15) is 0 Å². The van der Waals surface area contributed by atoms with Crippen molar-refractivity contribution in [1.82, 2.24) is 0 Å². The number of ether oxygens (including phenoxy) is 1. The standard InChI is InChI=1S/C18H25NO2/c1-12(2)10-15-11-16(20)21-17(19-15)13-6-8-14(9-7-13)18(3,4)5/h6-9,12,15H,10-11H2,1-5H3. The van der Waals surface area contributed by atoms with E-state index in [-0.39, 0.29) is 17.4 Å². The van der Waals surface area contributed by atoms with Crippen LogP contribution in [0.5, 0.6) is 0 Å². The number of rotatable bonds is 3. The molecule has 3 nitrogen and oxygen atoms in total. The second-order valence-corrected chi connectivity index (χ2v) is 7.22. The lowest BCUT2D eigenvalue weighted by molar-refractivity contribution is -0.136. The largest absolute Gasteiger partial charge is 0.407 e. The Bertz CT molecular complexity index is 535. The van der Waals surface area contributed by atoms with Gasteiger partial charge < -0.3 is 4.74 Å². The number of esters is 1. The molecule has 1 unspecified atom stereocenters. The first-order valence-electron chi connectivity index (χ1n) is 7.65. The fraction of sp³-hybridized carbons (Fsp3) is 0.556. The Labute approximate surface area is 127 Å². The number of hydrogen-bond donors (Lipinski definition) is 0. The van der Waals surface area contributed by atoms with E-state index in [9.17, 15) is 4.79 Å². The fourth-order valence-electron chi connectivity index (χ4n) is 2.51. The average Bonchev–Trinajstić information content (AvgIpc) is 2.36. The molecule has 1 aromatic carbocycles. The molecule has 0 fully saturated rings. The second-order valence-electron chi connectivity index (χ2n) is 7.22. The van der Waals surface area contributed by atoms with Crippen LogP contribution in [0, 0.1) is 5.92 Å². The summed E-state index contributed by atoms with van der Waals surface area (Å²) in [6, 6.07) is 8.19. The maximum absolute atomic E-state index is 11.8. The van der Waals surface area contributed by atoms with Gasteiger partial charge in [-0.15, -0.1) is 0 Å². The van der Waals surface area contributed by atoms with Crippen molar-refractivity contribution in [3.63, 3.8) is 0 Å².